The van der Waals surface area contributed by atoms with Crippen LogP contribution in [-0.4, -0.2) is 44.5 Å². The number of thioether (sulfide) groups is 1. The zero-order valence-corrected chi connectivity index (χ0v) is 22.9. The predicted molar refractivity (Wildman–Crippen MR) is 148 cm³/mol. The average Bonchev–Trinajstić information content (AvgIpc) is 3.64. The molecular formula is C28H24ClN3O5S2. The van der Waals surface area contributed by atoms with Crippen LogP contribution in [0.4, 0.5) is 5.69 Å². The van der Waals surface area contributed by atoms with Crippen molar-refractivity contribution in [3.63, 3.8) is 0 Å². The number of aromatic nitrogens is 1. The number of hydrogen-bond acceptors (Lipinski definition) is 7. The number of thiazole rings is 1. The van der Waals surface area contributed by atoms with Crippen molar-refractivity contribution in [3.05, 3.63) is 73.7 Å². The number of anilines is 1. The Balaban J connectivity index is 1.15. The first-order chi connectivity index (χ1) is 18.8. The van der Waals surface area contributed by atoms with Gasteiger partial charge in [-0.1, -0.05) is 41.1 Å². The van der Waals surface area contributed by atoms with E-state index in [1.165, 1.54) is 4.90 Å². The van der Waals surface area contributed by atoms with Gasteiger partial charge in [0.05, 0.1) is 16.9 Å². The van der Waals surface area contributed by atoms with Crippen LogP contribution in [0.15, 0.2) is 58.4 Å². The SMILES string of the molecule is O=C(CCN1C(=O)C2C3CC(C2C1=O)C1C(c2ccccc2O)c2sc(=O)[nH]c2SC31)Nc1ccc(Cl)cc1. The fourth-order valence-corrected chi connectivity index (χ4v) is 10.4. The van der Waals surface area contributed by atoms with Gasteiger partial charge in [-0.15, -0.1) is 11.8 Å². The Bertz CT molecular complexity index is 1570. The number of aromatic hydroxyl groups is 1. The standard InChI is InChI=1S/C28H24ClN3O5S2/c29-12-5-7-13(8-6-12)30-18(34)9-10-32-26(35)21-15-11-16(22(21)27(32)36)23-20(15)19(14-3-1-2-4-17(14)33)24-25(38-23)31-28(37)39-24/h1-8,15-16,19-23,33H,9-11H2,(H,30,34)(H,31,37). The van der Waals surface area contributed by atoms with E-state index in [0.29, 0.717) is 10.7 Å². The predicted octanol–water partition coefficient (Wildman–Crippen LogP) is 4.30. The van der Waals surface area contributed by atoms with Gasteiger partial charge in [0.2, 0.25) is 17.7 Å². The summed E-state index contributed by atoms with van der Waals surface area (Å²) < 4.78 is 0. The van der Waals surface area contributed by atoms with Crippen LogP contribution in [0.25, 0.3) is 0 Å². The smallest absolute Gasteiger partial charge is 0.305 e. The number of phenolic OH excluding ortho intramolecular Hbond substituents is 1. The number of fused-ring (bicyclic) bond motifs is 9. The van der Waals surface area contributed by atoms with Crippen molar-refractivity contribution in [1.29, 1.82) is 0 Å². The zero-order valence-electron chi connectivity index (χ0n) is 20.5. The summed E-state index contributed by atoms with van der Waals surface area (Å²) >= 11 is 8.67. The van der Waals surface area contributed by atoms with Crippen LogP contribution >= 0.6 is 34.7 Å². The maximum atomic E-state index is 13.7. The van der Waals surface area contributed by atoms with Crippen LogP contribution < -0.4 is 10.2 Å². The van der Waals surface area contributed by atoms with Crippen LogP contribution in [0.3, 0.4) is 0 Å². The molecule has 8 nitrogen and oxygen atoms in total. The van der Waals surface area contributed by atoms with E-state index in [4.69, 9.17) is 11.6 Å². The minimum Gasteiger partial charge on any atom is -0.508 e. The second-order valence-corrected chi connectivity index (χ2v) is 13.3. The quantitative estimate of drug-likeness (QED) is 0.387. The second kappa shape index (κ2) is 9.25. The van der Waals surface area contributed by atoms with Gasteiger partial charge in [-0.25, -0.2) is 0 Å². The van der Waals surface area contributed by atoms with Gasteiger partial charge in [-0.2, -0.15) is 0 Å². The number of carbonyl (C=O) groups is 3. The Labute approximate surface area is 236 Å². The third-order valence-electron chi connectivity index (χ3n) is 8.78. The Hall–Kier alpha value is -3.08. The molecule has 2 bridgehead atoms. The Kier molecular flexibility index (Phi) is 5.91. The number of benzene rings is 2. The number of halogens is 1. The van der Waals surface area contributed by atoms with Gasteiger partial charge in [-0.3, -0.25) is 24.1 Å². The molecule has 4 aliphatic rings. The van der Waals surface area contributed by atoms with E-state index in [2.05, 4.69) is 10.3 Å². The fraction of sp³-hybridized carbons (Fsp3) is 0.357. The highest BCUT2D eigenvalue weighted by Crippen LogP contribution is 2.68. The van der Waals surface area contributed by atoms with E-state index >= 15 is 0 Å². The fourth-order valence-electron chi connectivity index (χ4n) is 7.37. The number of H-pyrrole nitrogens is 1. The highest BCUT2D eigenvalue weighted by atomic mass is 35.5. The first-order valence-corrected chi connectivity index (χ1v) is 15.0. The molecule has 1 aromatic heterocycles. The average molecular weight is 582 g/mol. The van der Waals surface area contributed by atoms with Gasteiger partial charge in [0.1, 0.15) is 5.75 Å². The summed E-state index contributed by atoms with van der Waals surface area (Å²) in [4.78, 5) is 57.2. The maximum absolute atomic E-state index is 13.7. The van der Waals surface area contributed by atoms with Crippen LogP contribution in [0.2, 0.25) is 5.02 Å². The van der Waals surface area contributed by atoms with Crippen LogP contribution in [-0.2, 0) is 14.4 Å². The summed E-state index contributed by atoms with van der Waals surface area (Å²) in [5.74, 6) is -1.63. The number of phenols is 1. The molecule has 39 heavy (non-hydrogen) atoms. The summed E-state index contributed by atoms with van der Waals surface area (Å²) in [6.07, 6.45) is 0.777. The highest BCUT2D eigenvalue weighted by molar-refractivity contribution is 8.00. The number of para-hydroxylation sites is 1. The molecule has 3 N–H and O–H groups in total. The zero-order chi connectivity index (χ0) is 27.0. The molecule has 3 amide bonds. The molecule has 2 aliphatic heterocycles. The summed E-state index contributed by atoms with van der Waals surface area (Å²) in [5, 5.41) is 15.0. The normalized spacial score (nSPS) is 30.3. The van der Waals surface area contributed by atoms with Gasteiger partial charge in [0, 0.05) is 45.3 Å². The van der Waals surface area contributed by atoms with E-state index in [1.54, 1.807) is 48.2 Å². The van der Waals surface area contributed by atoms with Gasteiger partial charge in [0.25, 0.3) is 0 Å². The highest BCUT2D eigenvalue weighted by Gasteiger charge is 2.69. The molecule has 3 heterocycles. The third kappa shape index (κ3) is 3.87. The molecule has 3 aromatic rings. The topological polar surface area (TPSA) is 120 Å². The lowest BCUT2D eigenvalue weighted by molar-refractivity contribution is -0.141. The largest absolute Gasteiger partial charge is 0.508 e. The summed E-state index contributed by atoms with van der Waals surface area (Å²) in [6.45, 7) is 0.0373. The number of aromatic amines is 1. The maximum Gasteiger partial charge on any atom is 0.305 e. The molecule has 0 radical (unpaired) electrons. The lowest BCUT2D eigenvalue weighted by Gasteiger charge is -2.43. The molecule has 2 aliphatic carbocycles. The Morgan fingerprint density at radius 2 is 1.77 bits per heavy atom. The van der Waals surface area contributed by atoms with Gasteiger partial charge >= 0.3 is 4.87 Å². The number of likely N-dealkylation sites (tertiary alicyclic amines) is 1. The minimum absolute atomic E-state index is 0.00945. The number of imide groups is 1. The number of carbonyl (C=O) groups excluding carboxylic acids is 3. The lowest BCUT2D eigenvalue weighted by atomic mass is 9.68. The minimum atomic E-state index is -0.436. The van der Waals surface area contributed by atoms with Crippen LogP contribution in [0, 0.1) is 29.6 Å². The molecule has 3 fully saturated rings. The first kappa shape index (κ1) is 24.9. The number of nitrogens with one attached hydrogen (secondary N) is 2. The van der Waals surface area contributed by atoms with E-state index in [0.717, 1.165) is 33.2 Å². The van der Waals surface area contributed by atoms with Crippen LogP contribution in [0.5, 0.6) is 5.75 Å². The number of hydrogen-bond donors (Lipinski definition) is 3. The summed E-state index contributed by atoms with van der Waals surface area (Å²) in [7, 11) is 0. The molecule has 11 heteroatoms. The summed E-state index contributed by atoms with van der Waals surface area (Å²) in [6, 6.07) is 13.9. The van der Waals surface area contributed by atoms with Crippen LogP contribution in [0.1, 0.15) is 29.2 Å². The van der Waals surface area contributed by atoms with Gasteiger partial charge < -0.3 is 15.4 Å². The van der Waals surface area contributed by atoms with E-state index in [9.17, 15) is 24.3 Å². The van der Waals surface area contributed by atoms with Crippen molar-refractivity contribution in [1.82, 2.24) is 9.88 Å². The number of nitrogens with zero attached hydrogens (tertiary/aromatic N) is 1. The Morgan fingerprint density at radius 3 is 2.51 bits per heavy atom. The molecule has 2 saturated carbocycles. The third-order valence-corrected chi connectivity index (χ3v) is 11.6. The van der Waals surface area contributed by atoms with Crippen molar-refractivity contribution < 1.29 is 19.5 Å². The van der Waals surface area contributed by atoms with Crippen molar-refractivity contribution in [2.75, 3.05) is 11.9 Å². The van der Waals surface area contributed by atoms with Crippen molar-refractivity contribution in [3.8, 4) is 5.75 Å². The summed E-state index contributed by atoms with van der Waals surface area (Å²) in [5.41, 5.74) is 1.35. The Morgan fingerprint density at radius 1 is 1.05 bits per heavy atom. The molecule has 0 spiro atoms. The first-order valence-electron chi connectivity index (χ1n) is 12.9. The van der Waals surface area contributed by atoms with Gasteiger partial charge in [0.15, 0.2) is 0 Å². The van der Waals surface area contributed by atoms with Crippen molar-refractivity contribution in [2.45, 2.75) is 29.0 Å². The molecule has 200 valence electrons. The van der Waals surface area contributed by atoms with E-state index in [-0.39, 0.29) is 70.2 Å². The molecule has 7 unspecified atom stereocenters. The van der Waals surface area contributed by atoms with E-state index in [1.807, 2.05) is 12.1 Å². The molecule has 2 aromatic carbocycles. The lowest BCUT2D eigenvalue weighted by Crippen LogP contribution is -2.42. The molecular weight excluding hydrogens is 558 g/mol. The van der Waals surface area contributed by atoms with Gasteiger partial charge in [-0.05, 0) is 54.5 Å². The van der Waals surface area contributed by atoms with Crippen molar-refractivity contribution >= 4 is 58.1 Å². The van der Waals surface area contributed by atoms with Crippen molar-refractivity contribution in [2.24, 2.45) is 29.6 Å². The second-order valence-electron chi connectivity index (χ2n) is 10.7. The molecule has 1 saturated heterocycles. The molecule has 7 atom stereocenters. The molecule has 7 rings (SSSR count). The monoisotopic (exact) mass is 581 g/mol. The number of amides is 3. The number of rotatable bonds is 5. The van der Waals surface area contributed by atoms with E-state index < -0.39 is 11.8 Å².